The zero-order chi connectivity index (χ0) is 17.6. The average molecular weight is 356 g/mol. The van der Waals surface area contributed by atoms with Crippen LogP contribution < -0.4 is 10.1 Å². The quantitative estimate of drug-likeness (QED) is 0.628. The van der Waals surface area contributed by atoms with Crippen molar-refractivity contribution in [2.75, 3.05) is 11.9 Å². The van der Waals surface area contributed by atoms with E-state index >= 15 is 0 Å². The second-order valence-electron chi connectivity index (χ2n) is 5.37. The monoisotopic (exact) mass is 356 g/mol. The van der Waals surface area contributed by atoms with Crippen LogP contribution in [0.15, 0.2) is 47.9 Å². The van der Waals surface area contributed by atoms with Gasteiger partial charge >= 0.3 is 0 Å². The number of pyridine rings is 1. The molecule has 0 bridgehead atoms. The molecule has 2 heterocycles. The molecule has 3 rings (SSSR count). The Balaban J connectivity index is 1.73. The van der Waals surface area contributed by atoms with Crippen molar-refractivity contribution in [3.63, 3.8) is 0 Å². The Kier molecular flexibility index (Phi) is 5.55. The smallest absolute Gasteiger partial charge is 0.238 e. The van der Waals surface area contributed by atoms with Crippen LogP contribution in [-0.4, -0.2) is 32.7 Å². The summed E-state index contributed by atoms with van der Waals surface area (Å²) < 4.78 is 5.56. The van der Waals surface area contributed by atoms with Crippen LogP contribution in [0, 0.1) is 0 Å². The maximum atomic E-state index is 12.7. The number of ether oxygens (including phenoxy) is 1. The fraction of sp³-hybridized carbons (Fsp3) is 0.278. The van der Waals surface area contributed by atoms with E-state index in [1.807, 2.05) is 44.2 Å². The van der Waals surface area contributed by atoms with Gasteiger partial charge < -0.3 is 15.0 Å². The van der Waals surface area contributed by atoms with Crippen molar-refractivity contribution in [3.05, 3.63) is 42.7 Å². The van der Waals surface area contributed by atoms with Gasteiger partial charge in [0.2, 0.25) is 5.91 Å². The summed E-state index contributed by atoms with van der Waals surface area (Å²) in [6.07, 6.45) is 4.11. The normalized spacial score (nSPS) is 12.1. The minimum absolute atomic E-state index is 0.0711. The number of thioether (sulfide) groups is 1. The molecule has 0 aliphatic rings. The first-order valence-electron chi connectivity index (χ1n) is 8.20. The molecule has 3 aromatic rings. The van der Waals surface area contributed by atoms with E-state index in [9.17, 15) is 4.79 Å². The predicted octanol–water partition coefficient (Wildman–Crippen LogP) is 3.87. The van der Waals surface area contributed by atoms with Crippen LogP contribution in [0.25, 0.3) is 11.0 Å². The van der Waals surface area contributed by atoms with Crippen molar-refractivity contribution in [3.8, 4) is 5.75 Å². The van der Waals surface area contributed by atoms with Gasteiger partial charge in [-0.15, -0.1) is 0 Å². The van der Waals surface area contributed by atoms with E-state index in [1.165, 1.54) is 11.8 Å². The summed E-state index contributed by atoms with van der Waals surface area (Å²) in [5, 5.41) is 3.41. The molecule has 6 nitrogen and oxygen atoms in total. The first kappa shape index (κ1) is 17.3. The first-order valence-corrected chi connectivity index (χ1v) is 9.08. The minimum Gasteiger partial charge on any atom is -0.492 e. The number of nitrogens with one attached hydrogen (secondary N) is 2. The Labute approximate surface area is 150 Å². The fourth-order valence-corrected chi connectivity index (χ4v) is 3.33. The summed E-state index contributed by atoms with van der Waals surface area (Å²) in [6, 6.07) is 9.29. The van der Waals surface area contributed by atoms with Gasteiger partial charge in [-0.1, -0.05) is 30.8 Å². The molecule has 130 valence electrons. The maximum absolute atomic E-state index is 12.7. The van der Waals surface area contributed by atoms with Gasteiger partial charge in [0.15, 0.2) is 5.16 Å². The van der Waals surface area contributed by atoms with E-state index in [0.29, 0.717) is 29.6 Å². The summed E-state index contributed by atoms with van der Waals surface area (Å²) in [4.78, 5) is 24.4. The number of aromatic amines is 1. The Morgan fingerprint density at radius 3 is 2.92 bits per heavy atom. The molecule has 2 aromatic heterocycles. The van der Waals surface area contributed by atoms with Crippen LogP contribution >= 0.6 is 11.8 Å². The van der Waals surface area contributed by atoms with Gasteiger partial charge in [0, 0.05) is 6.20 Å². The number of fused-ring (bicyclic) bond motifs is 1. The van der Waals surface area contributed by atoms with Gasteiger partial charge in [0.1, 0.15) is 5.75 Å². The SMILES string of the molecule is CCOc1ccccc1NC(=O)[C@H](CC)Sc1nc2ccncc2[nH]1. The zero-order valence-corrected chi connectivity index (χ0v) is 15.0. The molecule has 1 atom stereocenters. The number of aromatic nitrogens is 3. The Morgan fingerprint density at radius 2 is 2.16 bits per heavy atom. The molecule has 1 amide bonds. The van der Waals surface area contributed by atoms with Gasteiger partial charge in [-0.2, -0.15) is 0 Å². The number of benzene rings is 1. The van der Waals surface area contributed by atoms with Crippen molar-refractivity contribution in [1.82, 2.24) is 15.0 Å². The van der Waals surface area contributed by atoms with Crippen LogP contribution in [0.1, 0.15) is 20.3 Å². The molecule has 0 spiro atoms. The number of nitrogens with zero attached hydrogens (tertiary/aromatic N) is 2. The lowest BCUT2D eigenvalue weighted by molar-refractivity contribution is -0.115. The number of amides is 1. The number of hydrogen-bond donors (Lipinski definition) is 2. The Morgan fingerprint density at radius 1 is 1.32 bits per heavy atom. The summed E-state index contributed by atoms with van der Waals surface area (Å²) >= 11 is 1.41. The highest BCUT2D eigenvalue weighted by molar-refractivity contribution is 8.00. The van der Waals surface area contributed by atoms with E-state index in [-0.39, 0.29) is 11.2 Å². The van der Waals surface area contributed by atoms with Gasteiger partial charge in [0.05, 0.1) is 34.8 Å². The van der Waals surface area contributed by atoms with Gasteiger partial charge in [-0.05, 0) is 31.5 Å². The average Bonchev–Trinajstić information content (AvgIpc) is 3.04. The lowest BCUT2D eigenvalue weighted by Gasteiger charge is -2.15. The van der Waals surface area contributed by atoms with Gasteiger partial charge in [0.25, 0.3) is 0 Å². The maximum Gasteiger partial charge on any atom is 0.238 e. The van der Waals surface area contributed by atoms with E-state index < -0.39 is 0 Å². The number of carbonyl (C=O) groups is 1. The second-order valence-corrected chi connectivity index (χ2v) is 6.56. The molecule has 0 unspecified atom stereocenters. The molecule has 0 radical (unpaired) electrons. The van der Waals surface area contributed by atoms with Gasteiger partial charge in [-0.3, -0.25) is 9.78 Å². The molecule has 2 N–H and O–H groups in total. The van der Waals surface area contributed by atoms with Crippen molar-refractivity contribution >= 4 is 34.4 Å². The van der Waals surface area contributed by atoms with Crippen LogP contribution in [0.4, 0.5) is 5.69 Å². The largest absolute Gasteiger partial charge is 0.492 e. The summed E-state index contributed by atoms with van der Waals surface area (Å²) in [5.74, 6) is 0.603. The van der Waals surface area contributed by atoms with E-state index in [2.05, 4.69) is 20.3 Å². The van der Waals surface area contributed by atoms with E-state index in [0.717, 1.165) is 11.0 Å². The Hall–Kier alpha value is -2.54. The van der Waals surface area contributed by atoms with Crippen LogP contribution in [0.2, 0.25) is 0 Å². The van der Waals surface area contributed by atoms with Crippen LogP contribution in [0.5, 0.6) is 5.75 Å². The number of rotatable bonds is 7. The highest BCUT2D eigenvalue weighted by Gasteiger charge is 2.21. The number of para-hydroxylation sites is 2. The minimum atomic E-state index is -0.261. The number of carbonyl (C=O) groups excluding carboxylic acids is 1. The summed E-state index contributed by atoms with van der Waals surface area (Å²) in [5.41, 5.74) is 2.39. The van der Waals surface area contributed by atoms with Crippen molar-refractivity contribution in [1.29, 1.82) is 0 Å². The lowest BCUT2D eigenvalue weighted by Crippen LogP contribution is -2.25. The third-order valence-corrected chi connectivity index (χ3v) is 4.87. The summed E-state index contributed by atoms with van der Waals surface area (Å²) in [7, 11) is 0. The van der Waals surface area contributed by atoms with E-state index in [1.54, 1.807) is 12.4 Å². The lowest BCUT2D eigenvalue weighted by atomic mass is 10.2. The van der Waals surface area contributed by atoms with Crippen LogP contribution in [0.3, 0.4) is 0 Å². The molecule has 0 aliphatic heterocycles. The molecular formula is C18H20N4O2S. The molecule has 1 aromatic carbocycles. The van der Waals surface area contributed by atoms with Crippen molar-refractivity contribution < 1.29 is 9.53 Å². The number of anilines is 1. The van der Waals surface area contributed by atoms with Crippen LogP contribution in [-0.2, 0) is 4.79 Å². The number of H-pyrrole nitrogens is 1. The first-order chi connectivity index (χ1) is 12.2. The third-order valence-electron chi connectivity index (χ3n) is 3.62. The highest BCUT2D eigenvalue weighted by Crippen LogP contribution is 2.28. The molecular weight excluding hydrogens is 336 g/mol. The molecule has 0 saturated heterocycles. The van der Waals surface area contributed by atoms with Gasteiger partial charge in [-0.25, -0.2) is 4.98 Å². The third kappa shape index (κ3) is 4.11. The van der Waals surface area contributed by atoms with Crippen molar-refractivity contribution in [2.45, 2.75) is 30.7 Å². The predicted molar refractivity (Wildman–Crippen MR) is 100 cm³/mol. The van der Waals surface area contributed by atoms with E-state index in [4.69, 9.17) is 4.74 Å². The second kappa shape index (κ2) is 8.02. The zero-order valence-electron chi connectivity index (χ0n) is 14.2. The molecule has 0 saturated carbocycles. The summed E-state index contributed by atoms with van der Waals surface area (Å²) in [6.45, 7) is 4.45. The Bertz CT molecular complexity index is 832. The molecule has 25 heavy (non-hydrogen) atoms. The standard InChI is InChI=1S/C18H20N4O2S/c1-3-16(25-18-21-12-9-10-19-11-14(12)22-18)17(23)20-13-7-5-6-8-15(13)24-4-2/h5-11,16H,3-4H2,1-2H3,(H,20,23)(H,21,22)/t16-/m0/s1. The molecule has 0 fully saturated rings. The topological polar surface area (TPSA) is 79.9 Å². The molecule has 7 heteroatoms. The molecule has 0 aliphatic carbocycles. The fourth-order valence-electron chi connectivity index (χ4n) is 2.41. The highest BCUT2D eigenvalue weighted by atomic mass is 32.2. The number of imidazole rings is 1. The van der Waals surface area contributed by atoms with Crippen molar-refractivity contribution in [2.24, 2.45) is 0 Å². The number of hydrogen-bond acceptors (Lipinski definition) is 5.